The molecule has 98 valence electrons. The van der Waals surface area contributed by atoms with Gasteiger partial charge in [0.05, 0.1) is 6.54 Å². The Morgan fingerprint density at radius 3 is 3.12 bits per heavy atom. The fourth-order valence-corrected chi connectivity index (χ4v) is 2.63. The van der Waals surface area contributed by atoms with E-state index >= 15 is 0 Å². The molecular weight excluding hydrogens is 214 g/mol. The fourth-order valence-electron chi connectivity index (χ4n) is 2.63. The lowest BCUT2D eigenvalue weighted by atomic mass is 10.2. The number of carbonyl (C=O) groups is 1. The number of rotatable bonds is 5. The third kappa shape index (κ3) is 4.28. The molecule has 2 rings (SSSR count). The van der Waals surface area contributed by atoms with Crippen molar-refractivity contribution < 1.29 is 4.79 Å². The molecule has 1 saturated carbocycles. The second kappa shape index (κ2) is 6.36. The van der Waals surface area contributed by atoms with Crippen molar-refractivity contribution in [2.24, 2.45) is 5.92 Å². The van der Waals surface area contributed by atoms with Crippen molar-refractivity contribution in [3.05, 3.63) is 0 Å². The molecule has 1 amide bonds. The van der Waals surface area contributed by atoms with Gasteiger partial charge in [-0.2, -0.15) is 0 Å². The van der Waals surface area contributed by atoms with Gasteiger partial charge in [-0.1, -0.05) is 13.3 Å². The molecular formula is C13H25N3O. The van der Waals surface area contributed by atoms with Gasteiger partial charge >= 0.3 is 0 Å². The minimum absolute atomic E-state index is 0.218. The minimum atomic E-state index is 0.218. The first-order valence-electron chi connectivity index (χ1n) is 7.02. The first kappa shape index (κ1) is 12.8. The second-order valence-electron chi connectivity index (χ2n) is 5.34. The first-order valence-corrected chi connectivity index (χ1v) is 7.02. The van der Waals surface area contributed by atoms with Crippen LogP contribution in [0.5, 0.6) is 0 Å². The van der Waals surface area contributed by atoms with Crippen LogP contribution in [0.25, 0.3) is 0 Å². The Kier molecular flexibility index (Phi) is 4.80. The Labute approximate surface area is 104 Å². The first-order chi connectivity index (χ1) is 8.29. The fraction of sp³-hybridized carbons (Fsp3) is 0.923. The normalized spacial score (nSPS) is 29.7. The maximum atomic E-state index is 11.9. The van der Waals surface area contributed by atoms with Crippen LogP contribution in [0.4, 0.5) is 0 Å². The Morgan fingerprint density at radius 2 is 2.29 bits per heavy atom. The zero-order valence-electron chi connectivity index (χ0n) is 10.9. The number of nitrogens with zero attached hydrogens (tertiary/aromatic N) is 1. The summed E-state index contributed by atoms with van der Waals surface area (Å²) in [5.41, 5.74) is 0. The van der Waals surface area contributed by atoms with Crippen molar-refractivity contribution in [3.8, 4) is 0 Å². The lowest BCUT2D eigenvalue weighted by Crippen LogP contribution is -2.40. The van der Waals surface area contributed by atoms with Crippen molar-refractivity contribution >= 4 is 5.91 Å². The topological polar surface area (TPSA) is 44.4 Å². The van der Waals surface area contributed by atoms with Crippen LogP contribution >= 0.6 is 0 Å². The van der Waals surface area contributed by atoms with Crippen LogP contribution in [-0.2, 0) is 4.79 Å². The van der Waals surface area contributed by atoms with Gasteiger partial charge in [-0.3, -0.25) is 9.69 Å². The minimum Gasteiger partial charge on any atom is -0.352 e. The molecule has 2 fully saturated rings. The lowest BCUT2D eigenvalue weighted by molar-refractivity contribution is -0.122. The van der Waals surface area contributed by atoms with Crippen molar-refractivity contribution in [1.29, 1.82) is 0 Å². The Balaban J connectivity index is 1.63. The van der Waals surface area contributed by atoms with Crippen LogP contribution in [0.2, 0.25) is 0 Å². The summed E-state index contributed by atoms with van der Waals surface area (Å²) in [5, 5.41) is 6.51. The van der Waals surface area contributed by atoms with E-state index in [1.54, 1.807) is 0 Å². The molecule has 17 heavy (non-hydrogen) atoms. The van der Waals surface area contributed by atoms with Crippen molar-refractivity contribution in [2.45, 2.75) is 38.6 Å². The number of hydrogen-bond donors (Lipinski definition) is 2. The van der Waals surface area contributed by atoms with E-state index in [0.717, 1.165) is 38.5 Å². The van der Waals surface area contributed by atoms with Gasteiger partial charge in [0, 0.05) is 19.1 Å². The molecule has 1 aliphatic carbocycles. The van der Waals surface area contributed by atoms with E-state index < -0.39 is 0 Å². The predicted octanol–water partition coefficient (Wildman–Crippen LogP) is 0.587. The molecule has 0 aromatic rings. The molecule has 1 heterocycles. The number of nitrogens with one attached hydrogen (secondary N) is 2. The van der Waals surface area contributed by atoms with Crippen LogP contribution in [0.3, 0.4) is 0 Å². The third-order valence-electron chi connectivity index (χ3n) is 3.73. The number of hydrogen-bond acceptors (Lipinski definition) is 3. The van der Waals surface area contributed by atoms with Gasteiger partial charge in [0.2, 0.25) is 5.91 Å². The van der Waals surface area contributed by atoms with Crippen LogP contribution in [-0.4, -0.2) is 49.6 Å². The molecule has 2 aliphatic rings. The van der Waals surface area contributed by atoms with Crippen LogP contribution in [0.1, 0.15) is 32.6 Å². The van der Waals surface area contributed by atoms with E-state index in [-0.39, 0.29) is 5.91 Å². The maximum absolute atomic E-state index is 11.9. The Hall–Kier alpha value is -0.610. The molecule has 1 saturated heterocycles. The molecule has 2 atom stereocenters. The van der Waals surface area contributed by atoms with Crippen molar-refractivity contribution in [2.75, 3.05) is 32.7 Å². The summed E-state index contributed by atoms with van der Waals surface area (Å²) in [5.74, 6) is 0.977. The highest BCUT2D eigenvalue weighted by Gasteiger charge is 2.37. The highest BCUT2D eigenvalue weighted by molar-refractivity contribution is 5.78. The van der Waals surface area contributed by atoms with Gasteiger partial charge in [-0.05, 0) is 38.3 Å². The summed E-state index contributed by atoms with van der Waals surface area (Å²) in [6, 6.07) is 0.479. The monoisotopic (exact) mass is 239 g/mol. The van der Waals surface area contributed by atoms with E-state index in [4.69, 9.17) is 0 Å². The van der Waals surface area contributed by atoms with Gasteiger partial charge in [0.1, 0.15) is 0 Å². The predicted molar refractivity (Wildman–Crippen MR) is 68.9 cm³/mol. The molecule has 4 heteroatoms. The molecule has 4 nitrogen and oxygen atoms in total. The summed E-state index contributed by atoms with van der Waals surface area (Å²) in [6.45, 7) is 6.92. The highest BCUT2D eigenvalue weighted by atomic mass is 16.2. The molecule has 0 aromatic carbocycles. The van der Waals surface area contributed by atoms with Gasteiger partial charge in [-0.25, -0.2) is 0 Å². The van der Waals surface area contributed by atoms with E-state index in [9.17, 15) is 4.79 Å². The molecule has 0 radical (unpaired) electrons. The van der Waals surface area contributed by atoms with Crippen LogP contribution < -0.4 is 10.6 Å². The summed E-state index contributed by atoms with van der Waals surface area (Å²) in [7, 11) is 0. The molecule has 2 N–H and O–H groups in total. The van der Waals surface area contributed by atoms with Gasteiger partial charge in [0.15, 0.2) is 0 Å². The van der Waals surface area contributed by atoms with E-state index in [1.807, 2.05) is 0 Å². The van der Waals surface area contributed by atoms with Crippen molar-refractivity contribution in [3.63, 3.8) is 0 Å². The Bertz CT molecular complexity index is 249. The molecule has 2 unspecified atom stereocenters. The summed E-state index contributed by atoms with van der Waals surface area (Å²) in [6.07, 6.45) is 4.84. The molecule has 1 aliphatic heterocycles. The zero-order chi connectivity index (χ0) is 12.1. The third-order valence-corrected chi connectivity index (χ3v) is 3.73. The van der Waals surface area contributed by atoms with Gasteiger partial charge in [0.25, 0.3) is 0 Å². The SMILES string of the molecule is CCCC1CC1NC(=O)CN1CCCNCC1. The van der Waals surface area contributed by atoms with Crippen LogP contribution in [0.15, 0.2) is 0 Å². The smallest absolute Gasteiger partial charge is 0.234 e. The summed E-state index contributed by atoms with van der Waals surface area (Å²) in [4.78, 5) is 14.1. The number of amides is 1. The number of carbonyl (C=O) groups excluding carboxylic acids is 1. The van der Waals surface area contributed by atoms with E-state index in [2.05, 4.69) is 22.5 Å². The largest absolute Gasteiger partial charge is 0.352 e. The summed E-state index contributed by atoms with van der Waals surface area (Å²) < 4.78 is 0. The average Bonchev–Trinajstić information content (AvgIpc) is 3.04. The van der Waals surface area contributed by atoms with Crippen molar-refractivity contribution in [1.82, 2.24) is 15.5 Å². The highest BCUT2D eigenvalue weighted by Crippen LogP contribution is 2.34. The molecule has 0 aromatic heterocycles. The van der Waals surface area contributed by atoms with E-state index in [0.29, 0.717) is 12.6 Å². The van der Waals surface area contributed by atoms with Gasteiger partial charge < -0.3 is 10.6 Å². The Morgan fingerprint density at radius 1 is 1.41 bits per heavy atom. The van der Waals surface area contributed by atoms with Crippen LogP contribution in [0, 0.1) is 5.92 Å². The van der Waals surface area contributed by atoms with Gasteiger partial charge in [-0.15, -0.1) is 0 Å². The summed E-state index contributed by atoms with van der Waals surface area (Å²) >= 11 is 0. The molecule has 0 bridgehead atoms. The zero-order valence-corrected chi connectivity index (χ0v) is 10.9. The average molecular weight is 239 g/mol. The lowest BCUT2D eigenvalue weighted by Gasteiger charge is -2.18. The second-order valence-corrected chi connectivity index (χ2v) is 5.34. The molecule has 0 spiro atoms. The standard InChI is InChI=1S/C13H25N3O/c1-2-4-11-9-12(11)15-13(17)10-16-7-3-5-14-6-8-16/h11-12,14H,2-10H2,1H3,(H,15,17). The maximum Gasteiger partial charge on any atom is 0.234 e. The van der Waals surface area contributed by atoms with E-state index in [1.165, 1.54) is 19.3 Å². The quantitative estimate of drug-likeness (QED) is 0.738.